The van der Waals surface area contributed by atoms with Crippen LogP contribution in [0.4, 0.5) is 5.82 Å². The topological polar surface area (TPSA) is 84.0 Å². The molecular weight excluding hydrogens is 316 g/mol. The number of thioether (sulfide) groups is 1. The molecule has 0 spiro atoms. The number of rotatable bonds is 7. The molecule has 0 fully saturated rings. The summed E-state index contributed by atoms with van der Waals surface area (Å²) in [5, 5.41) is 13.5. The highest BCUT2D eigenvalue weighted by molar-refractivity contribution is 7.98. The Hall–Kier alpha value is -1.16. The average molecular weight is 330 g/mol. The fraction of sp³-hybridized carbons (Fsp3) is 0.273. The molecule has 20 heavy (non-hydrogen) atoms. The van der Waals surface area contributed by atoms with Crippen molar-refractivity contribution < 1.29 is 8.42 Å². The molecule has 0 amide bonds. The predicted octanol–water partition coefficient (Wildman–Crippen LogP) is 1.65. The first kappa shape index (κ1) is 15.2. The van der Waals surface area contributed by atoms with Crippen LogP contribution in [-0.2, 0) is 10.0 Å². The van der Waals surface area contributed by atoms with Gasteiger partial charge in [-0.25, -0.2) is 13.1 Å². The fourth-order valence-electron chi connectivity index (χ4n) is 1.39. The standard InChI is InChI=1S/C11H14N4O2S3/c1-18-10-5-4-9(14-15-10)12-6-7-13-20(16,17)11-3-2-8-19-11/h2-5,8,13H,6-7H2,1H3,(H,12,14). The lowest BCUT2D eigenvalue weighted by Gasteiger charge is -2.06. The van der Waals surface area contributed by atoms with Crippen molar-refractivity contribution in [3.8, 4) is 0 Å². The van der Waals surface area contributed by atoms with Gasteiger partial charge in [0.05, 0.1) is 0 Å². The Morgan fingerprint density at radius 1 is 1.25 bits per heavy atom. The number of thiophene rings is 1. The number of nitrogens with zero attached hydrogens (tertiary/aromatic N) is 2. The molecule has 0 radical (unpaired) electrons. The third kappa shape index (κ3) is 4.17. The van der Waals surface area contributed by atoms with Gasteiger partial charge < -0.3 is 5.32 Å². The Morgan fingerprint density at radius 3 is 2.70 bits per heavy atom. The second kappa shape index (κ2) is 7.02. The first-order valence-electron chi connectivity index (χ1n) is 5.76. The second-order valence-corrected chi connectivity index (χ2v) is 7.49. The van der Waals surface area contributed by atoms with Gasteiger partial charge >= 0.3 is 0 Å². The van der Waals surface area contributed by atoms with Crippen LogP contribution in [-0.4, -0.2) is 38.0 Å². The maximum atomic E-state index is 11.8. The van der Waals surface area contributed by atoms with Crippen LogP contribution >= 0.6 is 23.1 Å². The first-order valence-corrected chi connectivity index (χ1v) is 9.35. The molecule has 0 aliphatic carbocycles. The fourth-order valence-corrected chi connectivity index (χ4v) is 3.78. The largest absolute Gasteiger partial charge is 0.367 e. The Labute approximate surface area is 126 Å². The maximum Gasteiger partial charge on any atom is 0.250 e. The van der Waals surface area contributed by atoms with Crippen molar-refractivity contribution in [2.75, 3.05) is 24.7 Å². The number of hydrogen-bond acceptors (Lipinski definition) is 7. The van der Waals surface area contributed by atoms with Gasteiger partial charge in [0.15, 0.2) is 0 Å². The highest BCUT2D eigenvalue weighted by atomic mass is 32.2. The summed E-state index contributed by atoms with van der Waals surface area (Å²) >= 11 is 2.71. The zero-order chi connectivity index (χ0) is 14.4. The van der Waals surface area contributed by atoms with Crippen molar-refractivity contribution in [2.45, 2.75) is 9.24 Å². The normalized spacial score (nSPS) is 11.4. The van der Waals surface area contributed by atoms with Crippen LogP contribution in [0, 0.1) is 0 Å². The molecule has 0 saturated carbocycles. The number of aromatic nitrogens is 2. The van der Waals surface area contributed by atoms with Gasteiger partial charge in [-0.1, -0.05) is 6.07 Å². The minimum atomic E-state index is -3.39. The molecule has 2 aromatic heterocycles. The van der Waals surface area contributed by atoms with Crippen molar-refractivity contribution in [2.24, 2.45) is 0 Å². The number of hydrogen-bond donors (Lipinski definition) is 2. The summed E-state index contributed by atoms with van der Waals surface area (Å²) in [5.74, 6) is 0.623. The number of sulfonamides is 1. The van der Waals surface area contributed by atoms with Crippen molar-refractivity contribution in [3.63, 3.8) is 0 Å². The Bertz CT molecular complexity index is 626. The molecule has 0 aliphatic heterocycles. The third-order valence-corrected chi connectivity index (χ3v) is 5.83. The predicted molar refractivity (Wildman–Crippen MR) is 81.8 cm³/mol. The van der Waals surface area contributed by atoms with Crippen molar-refractivity contribution >= 4 is 38.9 Å². The summed E-state index contributed by atoms with van der Waals surface area (Å²) in [6.07, 6.45) is 1.93. The van der Waals surface area contributed by atoms with E-state index in [4.69, 9.17) is 0 Å². The summed E-state index contributed by atoms with van der Waals surface area (Å²) in [7, 11) is -3.39. The Kier molecular flexibility index (Phi) is 5.35. The van der Waals surface area contributed by atoms with E-state index in [1.54, 1.807) is 17.5 Å². The summed E-state index contributed by atoms with van der Waals surface area (Å²) in [5.41, 5.74) is 0. The van der Waals surface area contributed by atoms with Gasteiger partial charge in [-0.3, -0.25) is 0 Å². The van der Waals surface area contributed by atoms with Gasteiger partial charge in [-0.15, -0.1) is 33.3 Å². The molecule has 0 aliphatic rings. The van der Waals surface area contributed by atoms with Crippen LogP contribution in [0.15, 0.2) is 38.9 Å². The van der Waals surface area contributed by atoms with Crippen molar-refractivity contribution in [1.82, 2.24) is 14.9 Å². The lowest BCUT2D eigenvalue weighted by Crippen LogP contribution is -2.28. The van der Waals surface area contributed by atoms with Crippen LogP contribution in [0.25, 0.3) is 0 Å². The van der Waals surface area contributed by atoms with E-state index in [1.807, 2.05) is 18.4 Å². The molecule has 2 rings (SSSR count). The molecule has 6 nitrogen and oxygen atoms in total. The van der Waals surface area contributed by atoms with Gasteiger partial charge in [0.2, 0.25) is 10.0 Å². The van der Waals surface area contributed by atoms with Gasteiger partial charge in [0.1, 0.15) is 15.1 Å². The lowest BCUT2D eigenvalue weighted by molar-refractivity contribution is 0.585. The molecule has 2 heterocycles. The Morgan fingerprint density at radius 2 is 2.10 bits per heavy atom. The molecule has 0 atom stereocenters. The van der Waals surface area contributed by atoms with E-state index in [0.29, 0.717) is 16.6 Å². The minimum Gasteiger partial charge on any atom is -0.367 e. The van der Waals surface area contributed by atoms with E-state index in [1.165, 1.54) is 23.1 Å². The molecule has 0 aromatic carbocycles. The smallest absolute Gasteiger partial charge is 0.250 e. The third-order valence-electron chi connectivity index (χ3n) is 2.33. The number of nitrogens with one attached hydrogen (secondary N) is 2. The van der Waals surface area contributed by atoms with Crippen LogP contribution in [0.5, 0.6) is 0 Å². The SMILES string of the molecule is CSc1ccc(NCCNS(=O)(=O)c2cccs2)nn1. The highest BCUT2D eigenvalue weighted by Crippen LogP contribution is 2.15. The van der Waals surface area contributed by atoms with E-state index >= 15 is 0 Å². The molecule has 108 valence electrons. The zero-order valence-corrected chi connectivity index (χ0v) is 13.2. The molecule has 2 aromatic rings. The van der Waals surface area contributed by atoms with Crippen molar-refractivity contribution in [1.29, 1.82) is 0 Å². The van der Waals surface area contributed by atoms with E-state index in [-0.39, 0.29) is 6.54 Å². The van der Waals surface area contributed by atoms with Crippen molar-refractivity contribution in [3.05, 3.63) is 29.6 Å². The second-order valence-electron chi connectivity index (χ2n) is 3.72. The van der Waals surface area contributed by atoms with Crippen LogP contribution in [0.3, 0.4) is 0 Å². The summed E-state index contributed by atoms with van der Waals surface area (Å²) in [6.45, 7) is 0.726. The molecule has 0 unspecified atom stereocenters. The molecular formula is C11H14N4O2S3. The number of anilines is 1. The van der Waals surface area contributed by atoms with Crippen LogP contribution in [0.1, 0.15) is 0 Å². The van der Waals surface area contributed by atoms with E-state index in [2.05, 4.69) is 20.2 Å². The quantitative estimate of drug-likeness (QED) is 0.593. The average Bonchev–Trinajstić information content (AvgIpc) is 2.99. The summed E-state index contributed by atoms with van der Waals surface area (Å²) in [4.78, 5) is 0. The first-order chi connectivity index (χ1) is 9.62. The maximum absolute atomic E-state index is 11.8. The van der Waals surface area contributed by atoms with Crippen LogP contribution in [0.2, 0.25) is 0 Å². The Balaban J connectivity index is 1.79. The summed E-state index contributed by atoms with van der Waals surface area (Å²) < 4.78 is 26.5. The molecule has 2 N–H and O–H groups in total. The molecule has 9 heteroatoms. The van der Waals surface area contributed by atoms with Gasteiger partial charge in [-0.05, 0) is 29.8 Å². The van der Waals surface area contributed by atoms with E-state index in [0.717, 1.165) is 5.03 Å². The monoisotopic (exact) mass is 330 g/mol. The molecule has 0 saturated heterocycles. The lowest BCUT2D eigenvalue weighted by atomic mass is 10.5. The minimum absolute atomic E-state index is 0.284. The highest BCUT2D eigenvalue weighted by Gasteiger charge is 2.13. The van der Waals surface area contributed by atoms with Crippen LogP contribution < -0.4 is 10.0 Å². The summed E-state index contributed by atoms with van der Waals surface area (Å²) in [6, 6.07) is 6.95. The van der Waals surface area contributed by atoms with Gasteiger partial charge in [0.25, 0.3) is 0 Å². The van der Waals surface area contributed by atoms with E-state index < -0.39 is 10.0 Å². The van der Waals surface area contributed by atoms with Gasteiger partial charge in [-0.2, -0.15) is 0 Å². The van der Waals surface area contributed by atoms with Gasteiger partial charge in [0, 0.05) is 13.1 Å². The van der Waals surface area contributed by atoms with E-state index in [9.17, 15) is 8.42 Å². The molecule has 0 bridgehead atoms. The zero-order valence-electron chi connectivity index (χ0n) is 10.7.